The Balaban J connectivity index is 3.86. The summed E-state index contributed by atoms with van der Waals surface area (Å²) >= 11 is 0. The van der Waals surface area contributed by atoms with E-state index in [-0.39, 0.29) is 12.1 Å². The molecule has 0 aliphatic carbocycles. The number of ether oxygens (including phenoxy) is 1. The molecule has 2 nitrogen and oxygen atoms in total. The van der Waals surface area contributed by atoms with Gasteiger partial charge in [-0.15, -0.1) is 0 Å². The minimum atomic E-state index is -0.340. The minimum Gasteiger partial charge on any atom is -0.460 e. The second-order valence-electron chi connectivity index (χ2n) is 3.77. The molecule has 2 heteroatoms. The van der Waals surface area contributed by atoms with Gasteiger partial charge in [0.2, 0.25) is 0 Å². The van der Waals surface area contributed by atoms with Crippen LogP contribution in [0.4, 0.5) is 0 Å². The molecule has 1 unspecified atom stereocenters. The van der Waals surface area contributed by atoms with Gasteiger partial charge in [-0.05, 0) is 40.5 Å². The molecule has 0 spiro atoms. The van der Waals surface area contributed by atoms with Crippen LogP contribution in [0.5, 0.6) is 0 Å². The van der Waals surface area contributed by atoms with E-state index in [1.165, 1.54) is 17.2 Å². The van der Waals surface area contributed by atoms with E-state index in [2.05, 4.69) is 27.4 Å². The van der Waals surface area contributed by atoms with E-state index in [4.69, 9.17) is 4.74 Å². The molecule has 0 saturated carbocycles. The van der Waals surface area contributed by atoms with Crippen molar-refractivity contribution in [1.82, 2.24) is 0 Å². The van der Waals surface area contributed by atoms with E-state index in [0.717, 1.165) is 12.8 Å². The average Bonchev–Trinajstić information content (AvgIpc) is 2.13. The standard InChI is InChI=1S/C12H20O2/c1-6-12(13)14-11(5)8-7-10(4)9(2)3/h6,11H,1,7-8H2,2-5H3. The molecule has 0 saturated heterocycles. The smallest absolute Gasteiger partial charge is 0.330 e. The number of carbonyl (C=O) groups excluding carboxylic acids is 1. The van der Waals surface area contributed by atoms with Gasteiger partial charge in [-0.3, -0.25) is 0 Å². The van der Waals surface area contributed by atoms with Crippen LogP contribution < -0.4 is 0 Å². The van der Waals surface area contributed by atoms with E-state index in [0.29, 0.717) is 0 Å². The molecule has 0 N–H and O–H groups in total. The van der Waals surface area contributed by atoms with Gasteiger partial charge in [-0.2, -0.15) is 0 Å². The van der Waals surface area contributed by atoms with E-state index in [1.807, 2.05) is 6.92 Å². The van der Waals surface area contributed by atoms with Crippen molar-refractivity contribution in [2.24, 2.45) is 0 Å². The maximum atomic E-state index is 10.8. The van der Waals surface area contributed by atoms with Crippen LogP contribution in [0, 0.1) is 0 Å². The maximum Gasteiger partial charge on any atom is 0.330 e. The predicted octanol–water partition coefficient (Wildman–Crippen LogP) is 3.24. The number of carbonyl (C=O) groups is 1. The summed E-state index contributed by atoms with van der Waals surface area (Å²) in [7, 11) is 0. The number of hydrogen-bond donors (Lipinski definition) is 0. The SMILES string of the molecule is C=CC(=O)OC(C)CCC(C)=C(C)C. The summed E-state index contributed by atoms with van der Waals surface area (Å²) < 4.78 is 5.05. The van der Waals surface area contributed by atoms with Crippen LogP contribution in [0.15, 0.2) is 23.8 Å². The Morgan fingerprint density at radius 3 is 2.43 bits per heavy atom. The molecule has 0 heterocycles. The molecule has 0 rings (SSSR count). The number of esters is 1. The van der Waals surface area contributed by atoms with Crippen molar-refractivity contribution < 1.29 is 9.53 Å². The Hall–Kier alpha value is -1.05. The molecule has 0 aliphatic rings. The Labute approximate surface area is 86.6 Å². The van der Waals surface area contributed by atoms with Crippen molar-refractivity contribution in [2.45, 2.75) is 46.6 Å². The molecule has 0 aromatic carbocycles. The van der Waals surface area contributed by atoms with Gasteiger partial charge in [0.15, 0.2) is 0 Å². The molecule has 0 radical (unpaired) electrons. The third-order valence-corrected chi connectivity index (χ3v) is 2.26. The summed E-state index contributed by atoms with van der Waals surface area (Å²) in [4.78, 5) is 10.8. The number of allylic oxidation sites excluding steroid dienone is 2. The molecular weight excluding hydrogens is 176 g/mol. The highest BCUT2D eigenvalue weighted by atomic mass is 16.5. The van der Waals surface area contributed by atoms with Gasteiger partial charge in [-0.25, -0.2) is 4.79 Å². The van der Waals surface area contributed by atoms with Gasteiger partial charge in [-0.1, -0.05) is 17.7 Å². The fourth-order valence-corrected chi connectivity index (χ4v) is 0.975. The summed E-state index contributed by atoms with van der Waals surface area (Å²) in [6.45, 7) is 11.6. The van der Waals surface area contributed by atoms with Crippen molar-refractivity contribution in [2.75, 3.05) is 0 Å². The largest absolute Gasteiger partial charge is 0.460 e. The van der Waals surface area contributed by atoms with E-state index >= 15 is 0 Å². The number of rotatable bonds is 5. The van der Waals surface area contributed by atoms with Gasteiger partial charge < -0.3 is 4.74 Å². The Morgan fingerprint density at radius 2 is 2.00 bits per heavy atom. The van der Waals surface area contributed by atoms with Crippen LogP contribution in [0.3, 0.4) is 0 Å². The topological polar surface area (TPSA) is 26.3 Å². The molecule has 0 bridgehead atoms. The molecule has 0 aliphatic heterocycles. The Kier molecular flexibility index (Phi) is 5.93. The average molecular weight is 196 g/mol. The van der Waals surface area contributed by atoms with Gasteiger partial charge in [0.1, 0.15) is 0 Å². The van der Waals surface area contributed by atoms with Crippen LogP contribution in [-0.2, 0) is 9.53 Å². The molecule has 0 fully saturated rings. The first-order chi connectivity index (χ1) is 6.47. The molecule has 80 valence electrons. The van der Waals surface area contributed by atoms with Crippen molar-refractivity contribution in [1.29, 1.82) is 0 Å². The lowest BCUT2D eigenvalue weighted by molar-refractivity contribution is -0.142. The molecule has 0 aromatic heterocycles. The molecule has 0 aromatic rings. The third kappa shape index (κ3) is 5.57. The van der Waals surface area contributed by atoms with Crippen molar-refractivity contribution in [3.8, 4) is 0 Å². The van der Waals surface area contributed by atoms with Gasteiger partial charge >= 0.3 is 5.97 Å². The molecular formula is C12H20O2. The molecule has 1 atom stereocenters. The van der Waals surface area contributed by atoms with E-state index < -0.39 is 0 Å². The molecule has 14 heavy (non-hydrogen) atoms. The van der Waals surface area contributed by atoms with Crippen LogP contribution >= 0.6 is 0 Å². The Morgan fingerprint density at radius 1 is 1.43 bits per heavy atom. The van der Waals surface area contributed by atoms with Gasteiger partial charge in [0, 0.05) is 6.08 Å². The van der Waals surface area contributed by atoms with E-state index in [1.54, 1.807) is 0 Å². The van der Waals surface area contributed by atoms with Gasteiger partial charge in [0.25, 0.3) is 0 Å². The highest BCUT2D eigenvalue weighted by Crippen LogP contribution is 2.12. The lowest BCUT2D eigenvalue weighted by atomic mass is 10.1. The first kappa shape index (κ1) is 12.9. The summed E-state index contributed by atoms with van der Waals surface area (Å²) in [6.07, 6.45) is 3.02. The summed E-state index contributed by atoms with van der Waals surface area (Å²) in [5.41, 5.74) is 2.71. The second kappa shape index (κ2) is 6.41. The first-order valence-corrected chi connectivity index (χ1v) is 4.93. The van der Waals surface area contributed by atoms with Crippen LogP contribution in [0.1, 0.15) is 40.5 Å². The van der Waals surface area contributed by atoms with Crippen molar-refractivity contribution in [3.63, 3.8) is 0 Å². The Bertz CT molecular complexity index is 235. The van der Waals surface area contributed by atoms with Crippen LogP contribution in [0.2, 0.25) is 0 Å². The fourth-order valence-electron chi connectivity index (χ4n) is 0.975. The van der Waals surface area contributed by atoms with Crippen LogP contribution in [0.25, 0.3) is 0 Å². The highest BCUT2D eigenvalue weighted by molar-refractivity contribution is 5.81. The lowest BCUT2D eigenvalue weighted by Crippen LogP contribution is -2.12. The zero-order valence-corrected chi connectivity index (χ0v) is 9.59. The second-order valence-corrected chi connectivity index (χ2v) is 3.77. The first-order valence-electron chi connectivity index (χ1n) is 4.93. The monoisotopic (exact) mass is 196 g/mol. The highest BCUT2D eigenvalue weighted by Gasteiger charge is 2.06. The molecule has 0 amide bonds. The summed E-state index contributed by atoms with van der Waals surface area (Å²) in [5.74, 6) is -0.340. The van der Waals surface area contributed by atoms with Gasteiger partial charge in [0.05, 0.1) is 6.10 Å². The normalized spacial score (nSPS) is 11.7. The van der Waals surface area contributed by atoms with Crippen molar-refractivity contribution in [3.05, 3.63) is 23.8 Å². The minimum absolute atomic E-state index is 0.0326. The van der Waals surface area contributed by atoms with Crippen molar-refractivity contribution >= 4 is 5.97 Å². The predicted molar refractivity (Wildman–Crippen MR) is 59.0 cm³/mol. The lowest BCUT2D eigenvalue weighted by Gasteiger charge is -2.12. The quantitative estimate of drug-likeness (QED) is 0.383. The van der Waals surface area contributed by atoms with Crippen LogP contribution in [-0.4, -0.2) is 12.1 Å². The fraction of sp³-hybridized carbons (Fsp3) is 0.583. The van der Waals surface area contributed by atoms with E-state index in [9.17, 15) is 4.79 Å². The number of hydrogen-bond acceptors (Lipinski definition) is 2. The zero-order chi connectivity index (χ0) is 11.1. The maximum absolute atomic E-state index is 10.8. The third-order valence-electron chi connectivity index (χ3n) is 2.26. The summed E-state index contributed by atoms with van der Waals surface area (Å²) in [6, 6.07) is 0. The zero-order valence-electron chi connectivity index (χ0n) is 9.59. The summed E-state index contributed by atoms with van der Waals surface area (Å²) in [5, 5.41) is 0.